The van der Waals surface area contributed by atoms with Gasteiger partial charge in [0.05, 0.1) is 24.0 Å². The van der Waals surface area contributed by atoms with Crippen LogP contribution in [0.3, 0.4) is 0 Å². The molecule has 0 unspecified atom stereocenters. The van der Waals surface area contributed by atoms with Gasteiger partial charge < -0.3 is 15.4 Å². The van der Waals surface area contributed by atoms with Crippen molar-refractivity contribution in [3.63, 3.8) is 0 Å². The number of nitrogens with zero attached hydrogens (tertiary/aromatic N) is 3. The average molecular weight is 278 g/mol. The maximum absolute atomic E-state index is 12.0. The Bertz CT molecular complexity index is 459. The fourth-order valence-electron chi connectivity index (χ4n) is 2.19. The highest BCUT2D eigenvalue weighted by Crippen LogP contribution is 2.23. The van der Waals surface area contributed by atoms with Crippen molar-refractivity contribution in [3.05, 3.63) is 12.4 Å². The number of anilines is 2. The molecule has 2 heterocycles. The van der Waals surface area contributed by atoms with Crippen molar-refractivity contribution in [2.45, 2.75) is 39.2 Å². The molecular formula is C14H22N4O2. The molecule has 6 heteroatoms. The number of aromatic nitrogens is 2. The minimum Gasteiger partial charge on any atom is -0.460 e. The first kappa shape index (κ1) is 14.6. The molecule has 1 aliphatic rings. The van der Waals surface area contributed by atoms with E-state index in [1.807, 2.05) is 20.8 Å². The summed E-state index contributed by atoms with van der Waals surface area (Å²) in [6.07, 6.45) is 4.73. The van der Waals surface area contributed by atoms with E-state index in [1.54, 1.807) is 12.4 Å². The third kappa shape index (κ3) is 3.82. The van der Waals surface area contributed by atoms with Gasteiger partial charge >= 0.3 is 5.97 Å². The van der Waals surface area contributed by atoms with Crippen LogP contribution in [0.5, 0.6) is 0 Å². The van der Waals surface area contributed by atoms with Crippen LogP contribution >= 0.6 is 0 Å². The molecule has 0 amide bonds. The van der Waals surface area contributed by atoms with Crippen LogP contribution in [0.15, 0.2) is 12.4 Å². The summed E-state index contributed by atoms with van der Waals surface area (Å²) in [4.78, 5) is 22.5. The van der Waals surface area contributed by atoms with Gasteiger partial charge in [-0.15, -0.1) is 0 Å². The summed E-state index contributed by atoms with van der Waals surface area (Å²) in [5.74, 6) is 0.538. The molecule has 1 fully saturated rings. The Kier molecular flexibility index (Phi) is 4.11. The van der Waals surface area contributed by atoms with E-state index in [4.69, 9.17) is 10.5 Å². The number of carbonyl (C=O) groups excluding carboxylic acids is 1. The van der Waals surface area contributed by atoms with Crippen molar-refractivity contribution in [1.82, 2.24) is 9.97 Å². The van der Waals surface area contributed by atoms with E-state index in [9.17, 15) is 4.79 Å². The van der Waals surface area contributed by atoms with E-state index < -0.39 is 5.60 Å². The average Bonchev–Trinajstić information content (AvgIpc) is 2.38. The molecule has 1 aliphatic heterocycles. The molecule has 1 aromatic heterocycles. The molecule has 20 heavy (non-hydrogen) atoms. The molecule has 1 aromatic rings. The van der Waals surface area contributed by atoms with Crippen LogP contribution in [0.25, 0.3) is 0 Å². The Morgan fingerprint density at radius 3 is 2.35 bits per heavy atom. The lowest BCUT2D eigenvalue weighted by Crippen LogP contribution is -2.39. The predicted octanol–water partition coefficient (Wildman–Crippen LogP) is 1.62. The van der Waals surface area contributed by atoms with Gasteiger partial charge in [0.1, 0.15) is 5.60 Å². The first-order chi connectivity index (χ1) is 9.35. The molecule has 0 saturated carbocycles. The normalized spacial score (nSPS) is 17.1. The molecule has 0 aromatic carbocycles. The number of esters is 1. The standard InChI is InChI=1S/C14H22N4O2/c1-14(2,3)20-12(19)10-4-6-18(7-5-10)13-16-8-11(15)9-17-13/h8-10H,4-7,15H2,1-3H3. The Morgan fingerprint density at radius 1 is 1.30 bits per heavy atom. The minimum atomic E-state index is -0.422. The Balaban J connectivity index is 1.89. The lowest BCUT2D eigenvalue weighted by atomic mass is 9.97. The number of rotatable bonds is 2. The summed E-state index contributed by atoms with van der Waals surface area (Å²) in [6.45, 7) is 7.19. The lowest BCUT2D eigenvalue weighted by molar-refractivity contribution is -0.160. The number of carbonyl (C=O) groups is 1. The molecular weight excluding hydrogens is 256 g/mol. The summed E-state index contributed by atoms with van der Waals surface area (Å²) in [6, 6.07) is 0. The zero-order chi connectivity index (χ0) is 14.8. The third-order valence-electron chi connectivity index (χ3n) is 3.18. The molecule has 0 aliphatic carbocycles. The maximum atomic E-state index is 12.0. The summed E-state index contributed by atoms with van der Waals surface area (Å²) >= 11 is 0. The van der Waals surface area contributed by atoms with Crippen LogP contribution in [0.1, 0.15) is 33.6 Å². The van der Waals surface area contributed by atoms with E-state index in [0.29, 0.717) is 11.6 Å². The van der Waals surface area contributed by atoms with Gasteiger partial charge in [0, 0.05) is 13.1 Å². The van der Waals surface area contributed by atoms with E-state index in [-0.39, 0.29) is 11.9 Å². The van der Waals surface area contributed by atoms with Crippen molar-refractivity contribution in [2.24, 2.45) is 5.92 Å². The van der Waals surface area contributed by atoms with E-state index in [2.05, 4.69) is 14.9 Å². The number of hydrogen-bond acceptors (Lipinski definition) is 6. The van der Waals surface area contributed by atoms with E-state index >= 15 is 0 Å². The number of hydrogen-bond donors (Lipinski definition) is 1. The zero-order valence-electron chi connectivity index (χ0n) is 12.3. The van der Waals surface area contributed by atoms with E-state index in [1.165, 1.54) is 0 Å². The van der Waals surface area contributed by atoms with Gasteiger partial charge in [0.25, 0.3) is 0 Å². The van der Waals surface area contributed by atoms with Gasteiger partial charge in [0.15, 0.2) is 0 Å². The Hall–Kier alpha value is -1.85. The minimum absolute atomic E-state index is 0.0285. The smallest absolute Gasteiger partial charge is 0.309 e. The summed E-state index contributed by atoms with van der Waals surface area (Å²) in [7, 11) is 0. The summed E-state index contributed by atoms with van der Waals surface area (Å²) in [5, 5.41) is 0. The highest BCUT2D eigenvalue weighted by Gasteiger charge is 2.29. The lowest BCUT2D eigenvalue weighted by Gasteiger charge is -2.32. The number of nitrogens with two attached hydrogens (primary N) is 1. The second kappa shape index (κ2) is 5.64. The molecule has 110 valence electrons. The van der Waals surface area contributed by atoms with Gasteiger partial charge in [0.2, 0.25) is 5.95 Å². The van der Waals surface area contributed by atoms with Gasteiger partial charge in [-0.05, 0) is 33.6 Å². The monoisotopic (exact) mass is 278 g/mol. The van der Waals surface area contributed by atoms with Crippen molar-refractivity contribution >= 4 is 17.6 Å². The van der Waals surface area contributed by atoms with E-state index in [0.717, 1.165) is 25.9 Å². The second-order valence-electron chi connectivity index (χ2n) is 6.11. The highest BCUT2D eigenvalue weighted by molar-refractivity contribution is 5.73. The fraction of sp³-hybridized carbons (Fsp3) is 0.643. The second-order valence-corrected chi connectivity index (χ2v) is 6.11. The van der Waals surface area contributed by atoms with Gasteiger partial charge in [-0.1, -0.05) is 0 Å². The van der Waals surface area contributed by atoms with Crippen LogP contribution < -0.4 is 10.6 Å². The molecule has 0 radical (unpaired) electrons. The first-order valence-corrected chi connectivity index (χ1v) is 6.90. The van der Waals surface area contributed by atoms with Crippen LogP contribution in [0, 0.1) is 5.92 Å². The van der Waals surface area contributed by atoms with Gasteiger partial charge in [-0.25, -0.2) is 9.97 Å². The molecule has 6 nitrogen and oxygen atoms in total. The summed E-state index contributed by atoms with van der Waals surface area (Å²) < 4.78 is 5.43. The molecule has 1 saturated heterocycles. The topological polar surface area (TPSA) is 81.3 Å². The first-order valence-electron chi connectivity index (χ1n) is 6.90. The largest absolute Gasteiger partial charge is 0.460 e. The van der Waals surface area contributed by atoms with Crippen LogP contribution in [0.4, 0.5) is 11.6 Å². The number of ether oxygens (including phenoxy) is 1. The molecule has 0 bridgehead atoms. The SMILES string of the molecule is CC(C)(C)OC(=O)C1CCN(c2ncc(N)cn2)CC1. The van der Waals surface area contributed by atoms with Crippen LogP contribution in [-0.2, 0) is 9.53 Å². The van der Waals surface area contributed by atoms with Crippen molar-refractivity contribution in [2.75, 3.05) is 23.7 Å². The van der Waals surface area contributed by atoms with Crippen molar-refractivity contribution in [1.29, 1.82) is 0 Å². The highest BCUT2D eigenvalue weighted by atomic mass is 16.6. The van der Waals surface area contributed by atoms with Gasteiger partial charge in [-0.2, -0.15) is 0 Å². The number of piperidine rings is 1. The fourth-order valence-corrected chi connectivity index (χ4v) is 2.19. The van der Waals surface area contributed by atoms with Gasteiger partial charge in [-0.3, -0.25) is 4.79 Å². The van der Waals surface area contributed by atoms with Crippen LogP contribution in [0.2, 0.25) is 0 Å². The maximum Gasteiger partial charge on any atom is 0.309 e. The quantitative estimate of drug-likeness (QED) is 0.828. The number of nitrogen functional groups attached to an aromatic ring is 1. The molecule has 0 spiro atoms. The third-order valence-corrected chi connectivity index (χ3v) is 3.18. The Morgan fingerprint density at radius 2 is 1.85 bits per heavy atom. The van der Waals surface area contributed by atoms with Crippen molar-refractivity contribution in [3.8, 4) is 0 Å². The molecule has 2 N–H and O–H groups in total. The zero-order valence-corrected chi connectivity index (χ0v) is 12.3. The van der Waals surface area contributed by atoms with Crippen LogP contribution in [-0.4, -0.2) is 34.6 Å². The Labute approximate surface area is 119 Å². The van der Waals surface area contributed by atoms with Crippen molar-refractivity contribution < 1.29 is 9.53 Å². The molecule has 2 rings (SSSR count). The predicted molar refractivity (Wildman–Crippen MR) is 77.2 cm³/mol. The summed E-state index contributed by atoms with van der Waals surface area (Å²) in [5.41, 5.74) is 5.70. The molecule has 0 atom stereocenters.